The van der Waals surface area contributed by atoms with Crippen LogP contribution < -0.4 is 16.4 Å². The molecule has 1 aromatic rings. The van der Waals surface area contributed by atoms with Crippen molar-refractivity contribution in [1.29, 1.82) is 0 Å². The van der Waals surface area contributed by atoms with Crippen molar-refractivity contribution in [1.82, 2.24) is 5.32 Å². The second-order valence-corrected chi connectivity index (χ2v) is 5.80. The topological polar surface area (TPSA) is 59.3 Å². The van der Waals surface area contributed by atoms with Crippen molar-refractivity contribution in [2.45, 2.75) is 38.0 Å². The fourth-order valence-electron chi connectivity index (χ4n) is 2.85. The van der Waals surface area contributed by atoms with Crippen LogP contribution in [0.15, 0.2) is 35.1 Å². The number of nitrogens with two attached hydrogens (primary N) is 1. The van der Waals surface area contributed by atoms with Gasteiger partial charge in [-0.15, -0.1) is 0 Å². The fourth-order valence-corrected chi connectivity index (χ4v) is 2.90. The number of fused-ring (bicyclic) bond motifs is 2. The molecule has 0 radical (unpaired) electrons. The third-order valence-electron chi connectivity index (χ3n) is 3.95. The third-order valence-corrected chi connectivity index (χ3v) is 4.42. The lowest BCUT2D eigenvalue weighted by Gasteiger charge is -2.23. The van der Waals surface area contributed by atoms with Gasteiger partial charge in [-0.1, -0.05) is 30.7 Å². The number of nitrogens with one attached hydrogen (secondary N) is 2. The second kappa shape index (κ2) is 5.64. The molecule has 2 fully saturated rings. The molecular formula is C15H20ClN3O. The molecule has 5 heteroatoms. The number of allylic oxidation sites excluding steroid dienone is 1. The number of anilines is 1. The molecule has 2 bridgehead atoms. The molecule has 0 spiro atoms. The van der Waals surface area contributed by atoms with Crippen LogP contribution in [-0.2, 0) is 4.74 Å². The van der Waals surface area contributed by atoms with E-state index in [1.807, 2.05) is 19.1 Å². The Balaban J connectivity index is 1.69. The molecule has 3 unspecified atom stereocenters. The molecule has 0 saturated carbocycles. The van der Waals surface area contributed by atoms with E-state index in [0.717, 1.165) is 25.1 Å². The molecule has 0 aromatic heterocycles. The van der Waals surface area contributed by atoms with Gasteiger partial charge in [0.15, 0.2) is 0 Å². The van der Waals surface area contributed by atoms with Gasteiger partial charge in [0.1, 0.15) is 5.82 Å². The number of morpholine rings is 1. The zero-order valence-corrected chi connectivity index (χ0v) is 12.3. The third kappa shape index (κ3) is 2.64. The molecule has 20 heavy (non-hydrogen) atoms. The maximum Gasteiger partial charge on any atom is 0.115 e. The molecule has 0 amide bonds. The molecule has 108 valence electrons. The predicted molar refractivity (Wildman–Crippen MR) is 81.4 cm³/mol. The van der Waals surface area contributed by atoms with Crippen LogP contribution in [0.1, 0.15) is 31.4 Å². The summed E-state index contributed by atoms with van der Waals surface area (Å²) in [6.07, 6.45) is 2.40. The summed E-state index contributed by atoms with van der Waals surface area (Å²) in [6.45, 7) is 2.96. The minimum atomic E-state index is 0.176. The Morgan fingerprint density at radius 1 is 1.45 bits per heavy atom. The SMILES string of the molecule is CC/C(Cl)=C(\N)Nc1ccc(C2OC3CNC2C3)cc1. The zero-order valence-electron chi connectivity index (χ0n) is 11.5. The van der Waals surface area contributed by atoms with Gasteiger partial charge in [0.05, 0.1) is 17.2 Å². The molecule has 3 atom stereocenters. The maximum atomic E-state index is 6.01. The Morgan fingerprint density at radius 3 is 2.75 bits per heavy atom. The van der Waals surface area contributed by atoms with E-state index in [1.54, 1.807) is 0 Å². The van der Waals surface area contributed by atoms with Gasteiger partial charge in [-0.05, 0) is 30.5 Å². The Labute approximate surface area is 124 Å². The molecule has 4 nitrogen and oxygen atoms in total. The number of benzene rings is 1. The van der Waals surface area contributed by atoms with Gasteiger partial charge < -0.3 is 21.1 Å². The first-order valence-corrected chi connectivity index (χ1v) is 7.45. The normalized spacial score (nSPS) is 29.4. The highest BCUT2D eigenvalue weighted by atomic mass is 35.5. The van der Waals surface area contributed by atoms with E-state index >= 15 is 0 Å². The molecule has 2 saturated heterocycles. The van der Waals surface area contributed by atoms with Crippen molar-refractivity contribution in [2.24, 2.45) is 5.73 Å². The van der Waals surface area contributed by atoms with E-state index < -0.39 is 0 Å². The molecule has 2 heterocycles. The highest BCUT2D eigenvalue weighted by Crippen LogP contribution is 2.37. The van der Waals surface area contributed by atoms with Gasteiger partial charge >= 0.3 is 0 Å². The van der Waals surface area contributed by atoms with E-state index in [0.29, 0.717) is 23.0 Å². The minimum absolute atomic E-state index is 0.176. The molecule has 3 rings (SSSR count). The van der Waals surface area contributed by atoms with Crippen molar-refractivity contribution in [3.05, 3.63) is 40.7 Å². The zero-order chi connectivity index (χ0) is 14.1. The summed E-state index contributed by atoms with van der Waals surface area (Å²) in [5.41, 5.74) is 8.02. The quantitative estimate of drug-likeness (QED) is 0.799. The number of halogens is 1. The Morgan fingerprint density at radius 2 is 2.20 bits per heavy atom. The molecular weight excluding hydrogens is 274 g/mol. The van der Waals surface area contributed by atoms with Crippen LogP contribution in [0, 0.1) is 0 Å². The summed E-state index contributed by atoms with van der Waals surface area (Å²) in [5.74, 6) is 0.514. The summed E-state index contributed by atoms with van der Waals surface area (Å²) in [4.78, 5) is 0. The van der Waals surface area contributed by atoms with E-state index in [2.05, 4.69) is 22.8 Å². The molecule has 2 aliphatic heterocycles. The summed E-state index contributed by atoms with van der Waals surface area (Å²) >= 11 is 6.01. The fraction of sp³-hybridized carbons (Fsp3) is 0.467. The van der Waals surface area contributed by atoms with Crippen molar-refractivity contribution in [2.75, 3.05) is 11.9 Å². The first-order valence-electron chi connectivity index (χ1n) is 7.07. The highest BCUT2D eigenvalue weighted by Gasteiger charge is 2.41. The first-order chi connectivity index (χ1) is 9.67. The van der Waals surface area contributed by atoms with Crippen molar-refractivity contribution < 1.29 is 4.74 Å². The van der Waals surface area contributed by atoms with Crippen LogP contribution in [0.2, 0.25) is 0 Å². The van der Waals surface area contributed by atoms with Crippen LogP contribution in [0.4, 0.5) is 5.69 Å². The van der Waals surface area contributed by atoms with E-state index in [-0.39, 0.29) is 6.10 Å². The van der Waals surface area contributed by atoms with E-state index in [4.69, 9.17) is 22.1 Å². The largest absolute Gasteiger partial charge is 0.384 e. The van der Waals surface area contributed by atoms with Gasteiger partial charge in [0.2, 0.25) is 0 Å². The van der Waals surface area contributed by atoms with Gasteiger partial charge in [-0.2, -0.15) is 0 Å². The Kier molecular flexibility index (Phi) is 3.87. The predicted octanol–water partition coefficient (Wildman–Crippen LogP) is 2.68. The lowest BCUT2D eigenvalue weighted by molar-refractivity contribution is 0.0160. The average Bonchev–Trinajstić information content (AvgIpc) is 3.10. The van der Waals surface area contributed by atoms with Gasteiger partial charge in [-0.3, -0.25) is 0 Å². The van der Waals surface area contributed by atoms with E-state index in [1.165, 1.54) is 5.56 Å². The number of hydrogen-bond donors (Lipinski definition) is 3. The number of rotatable bonds is 4. The van der Waals surface area contributed by atoms with Crippen LogP contribution in [0.5, 0.6) is 0 Å². The number of ether oxygens (including phenoxy) is 1. The maximum absolute atomic E-state index is 6.01. The summed E-state index contributed by atoms with van der Waals surface area (Å²) in [6, 6.07) is 8.65. The summed E-state index contributed by atoms with van der Waals surface area (Å²) < 4.78 is 5.98. The van der Waals surface area contributed by atoms with Crippen molar-refractivity contribution in [3.63, 3.8) is 0 Å². The van der Waals surface area contributed by atoms with Crippen LogP contribution >= 0.6 is 11.6 Å². The van der Waals surface area contributed by atoms with Crippen molar-refractivity contribution in [3.8, 4) is 0 Å². The monoisotopic (exact) mass is 293 g/mol. The summed E-state index contributed by atoms with van der Waals surface area (Å²) in [5, 5.41) is 7.25. The van der Waals surface area contributed by atoms with Gasteiger partial charge in [0.25, 0.3) is 0 Å². The summed E-state index contributed by atoms with van der Waals surface area (Å²) in [7, 11) is 0. The minimum Gasteiger partial charge on any atom is -0.384 e. The lowest BCUT2D eigenvalue weighted by Crippen LogP contribution is -2.33. The average molecular weight is 294 g/mol. The molecule has 2 aliphatic rings. The van der Waals surface area contributed by atoms with Gasteiger partial charge in [-0.25, -0.2) is 0 Å². The smallest absolute Gasteiger partial charge is 0.115 e. The molecule has 4 N–H and O–H groups in total. The standard InChI is InChI=1S/C15H20ClN3O/c1-2-12(16)15(17)19-10-5-3-9(4-6-10)14-13-7-11(20-14)8-18-13/h3-6,11,13-14,18-19H,2,7-8,17H2,1H3/b15-12-. The van der Waals surface area contributed by atoms with Crippen LogP contribution in [0.3, 0.4) is 0 Å². The van der Waals surface area contributed by atoms with Gasteiger partial charge in [0, 0.05) is 18.3 Å². The second-order valence-electron chi connectivity index (χ2n) is 5.35. The Hall–Kier alpha value is -1.23. The van der Waals surface area contributed by atoms with E-state index in [9.17, 15) is 0 Å². The number of hydrogen-bond acceptors (Lipinski definition) is 4. The Bertz CT molecular complexity index is 514. The van der Waals surface area contributed by atoms with Crippen LogP contribution in [0.25, 0.3) is 0 Å². The lowest BCUT2D eigenvalue weighted by atomic mass is 10.0. The molecule has 0 aliphatic carbocycles. The van der Waals surface area contributed by atoms with Crippen molar-refractivity contribution >= 4 is 17.3 Å². The first kappa shape index (κ1) is 13.7. The van der Waals surface area contributed by atoms with Crippen LogP contribution in [-0.4, -0.2) is 18.7 Å². The highest BCUT2D eigenvalue weighted by molar-refractivity contribution is 6.30. The molecule has 1 aromatic carbocycles.